The van der Waals surface area contributed by atoms with Crippen LogP contribution in [0.25, 0.3) is 11.2 Å². The first-order valence-corrected chi connectivity index (χ1v) is 10.2. The largest absolute Gasteiger partial charge is 0.469 e. The molecule has 6 atom stereocenters. The highest BCUT2D eigenvalue weighted by Gasteiger charge is 2.45. The molecule has 1 fully saturated rings. The van der Waals surface area contributed by atoms with Crippen molar-refractivity contribution in [1.82, 2.24) is 19.1 Å². The number of ether oxygens (including phenoxy) is 1. The summed E-state index contributed by atoms with van der Waals surface area (Å²) >= 11 is 0. The van der Waals surface area contributed by atoms with E-state index in [0.29, 0.717) is 6.42 Å². The molecule has 2 aliphatic rings. The van der Waals surface area contributed by atoms with E-state index in [9.17, 15) is 24.7 Å². The highest BCUT2D eigenvalue weighted by Crippen LogP contribution is 2.38. The molecule has 0 saturated carbocycles. The van der Waals surface area contributed by atoms with E-state index in [0.717, 1.165) is 4.57 Å². The molecule has 0 amide bonds. The van der Waals surface area contributed by atoms with Gasteiger partial charge >= 0.3 is 7.82 Å². The Morgan fingerprint density at radius 3 is 2.76 bits per heavy atom. The van der Waals surface area contributed by atoms with Crippen molar-refractivity contribution >= 4 is 24.9 Å². The lowest BCUT2D eigenvalue weighted by Gasteiger charge is -2.28. The van der Waals surface area contributed by atoms with Crippen LogP contribution in [0.1, 0.15) is 25.8 Å². The first-order valence-electron chi connectivity index (χ1n) is 8.72. The Morgan fingerprint density at radius 2 is 2.07 bits per heavy atom. The molecule has 160 valence electrons. The van der Waals surface area contributed by atoms with Crippen LogP contribution in [-0.2, 0) is 13.8 Å². The van der Waals surface area contributed by atoms with Gasteiger partial charge in [0.25, 0.3) is 5.56 Å². The predicted octanol–water partition coefficient (Wildman–Crippen LogP) is -1.98. The smallest absolute Gasteiger partial charge is 0.387 e. The van der Waals surface area contributed by atoms with E-state index in [4.69, 9.17) is 14.5 Å². The van der Waals surface area contributed by atoms with Crippen LogP contribution < -0.4 is 10.9 Å². The molecule has 4 rings (SSSR count). The number of hydrogen-bond donors (Lipinski definition) is 6. The van der Waals surface area contributed by atoms with Crippen LogP contribution >= 0.6 is 7.82 Å². The third-order valence-corrected chi connectivity index (χ3v) is 5.37. The number of imidazole rings is 1. The van der Waals surface area contributed by atoms with Gasteiger partial charge in [-0.15, -0.1) is 0 Å². The van der Waals surface area contributed by atoms with Gasteiger partial charge in [-0.05, 0) is 6.92 Å². The average molecular weight is 433 g/mol. The van der Waals surface area contributed by atoms with Gasteiger partial charge in [0, 0.05) is 12.5 Å². The van der Waals surface area contributed by atoms with Gasteiger partial charge in [0.15, 0.2) is 17.4 Å². The lowest BCUT2D eigenvalue weighted by Crippen LogP contribution is -2.38. The number of phosphoric acid groups is 1. The zero-order chi connectivity index (χ0) is 21.1. The molecule has 2 unspecified atom stereocenters. The van der Waals surface area contributed by atoms with Gasteiger partial charge < -0.3 is 35.2 Å². The van der Waals surface area contributed by atoms with Gasteiger partial charge in [0.1, 0.15) is 24.5 Å². The van der Waals surface area contributed by atoms with Crippen molar-refractivity contribution < 1.29 is 38.9 Å². The second-order valence-electron chi connectivity index (χ2n) is 7.03. The van der Waals surface area contributed by atoms with E-state index >= 15 is 0 Å². The lowest BCUT2D eigenvalue weighted by molar-refractivity contribution is -0.0504. The summed E-state index contributed by atoms with van der Waals surface area (Å²) < 4.78 is 23.0. The van der Waals surface area contributed by atoms with Crippen molar-refractivity contribution in [3.63, 3.8) is 0 Å². The highest BCUT2D eigenvalue weighted by atomic mass is 31.2. The molecular formula is C14H20N5O9P. The number of nitrogens with zero attached hydrogens (tertiary/aromatic N) is 4. The van der Waals surface area contributed by atoms with E-state index in [1.807, 2.05) is 6.92 Å². The number of rotatable bonds is 4. The van der Waals surface area contributed by atoms with Crippen molar-refractivity contribution in [2.75, 3.05) is 11.9 Å². The molecule has 2 aliphatic heterocycles. The van der Waals surface area contributed by atoms with Gasteiger partial charge in [-0.2, -0.15) is 4.98 Å². The normalized spacial score (nSPS) is 32.3. The van der Waals surface area contributed by atoms with Gasteiger partial charge in [0.05, 0.1) is 12.9 Å². The van der Waals surface area contributed by atoms with Crippen LogP contribution in [0.2, 0.25) is 0 Å². The van der Waals surface area contributed by atoms with E-state index < -0.39 is 50.8 Å². The summed E-state index contributed by atoms with van der Waals surface area (Å²) in [6, 6.07) is -0.143. The van der Waals surface area contributed by atoms with Crippen molar-refractivity contribution in [3.05, 3.63) is 16.7 Å². The zero-order valence-electron chi connectivity index (χ0n) is 15.1. The van der Waals surface area contributed by atoms with Crippen molar-refractivity contribution in [2.24, 2.45) is 0 Å². The molecule has 0 aliphatic carbocycles. The Bertz CT molecular complexity index is 1030. The Hall–Kier alpha value is -1.90. The Balaban J connectivity index is 1.70. The van der Waals surface area contributed by atoms with Crippen LogP contribution in [-0.4, -0.2) is 75.2 Å². The van der Waals surface area contributed by atoms with Crippen LogP contribution in [0.3, 0.4) is 0 Å². The molecule has 29 heavy (non-hydrogen) atoms. The first-order chi connectivity index (χ1) is 13.6. The maximum atomic E-state index is 12.7. The molecule has 2 aromatic rings. The third kappa shape index (κ3) is 3.58. The van der Waals surface area contributed by atoms with Crippen LogP contribution in [0.15, 0.2) is 11.1 Å². The van der Waals surface area contributed by atoms with E-state index in [1.54, 1.807) is 0 Å². The quantitative estimate of drug-likeness (QED) is 0.291. The second-order valence-corrected chi connectivity index (χ2v) is 8.27. The minimum atomic E-state index is -4.80. The van der Waals surface area contributed by atoms with Crippen LogP contribution in [0.5, 0.6) is 0 Å². The number of hydrogen-bond acceptors (Lipinski definition) is 10. The molecule has 6 N–H and O–H groups in total. The van der Waals surface area contributed by atoms with Crippen LogP contribution in [0.4, 0.5) is 5.95 Å². The number of nitrogens with one attached hydrogen (secondary N) is 1. The second kappa shape index (κ2) is 7.11. The molecule has 15 heteroatoms. The maximum absolute atomic E-state index is 12.7. The Labute approximate surface area is 162 Å². The molecule has 0 spiro atoms. The van der Waals surface area contributed by atoms with E-state index in [2.05, 4.69) is 19.8 Å². The highest BCUT2D eigenvalue weighted by molar-refractivity contribution is 7.46. The first kappa shape index (κ1) is 20.4. The van der Waals surface area contributed by atoms with Crippen molar-refractivity contribution in [2.45, 2.75) is 50.2 Å². The van der Waals surface area contributed by atoms with Crippen molar-refractivity contribution in [3.8, 4) is 0 Å². The molecule has 4 heterocycles. The van der Waals surface area contributed by atoms with Gasteiger partial charge in [-0.3, -0.25) is 13.9 Å². The summed E-state index contributed by atoms with van der Waals surface area (Å²) in [7, 11) is -4.80. The Morgan fingerprint density at radius 1 is 1.34 bits per heavy atom. The van der Waals surface area contributed by atoms with Gasteiger partial charge in [-0.25, -0.2) is 14.1 Å². The maximum Gasteiger partial charge on any atom is 0.469 e. The summed E-state index contributed by atoms with van der Waals surface area (Å²) in [6.07, 6.45) is -5.06. The van der Waals surface area contributed by atoms with Crippen LogP contribution in [0, 0.1) is 0 Å². The summed E-state index contributed by atoms with van der Waals surface area (Å²) in [5.41, 5.74) is -0.628. The minimum Gasteiger partial charge on any atom is -0.387 e. The summed E-state index contributed by atoms with van der Waals surface area (Å²) in [5.74, 6) is 0.116. The predicted molar refractivity (Wildman–Crippen MR) is 94.7 cm³/mol. The number of phosphoric ester groups is 1. The molecule has 1 saturated heterocycles. The molecule has 0 radical (unpaired) electrons. The SMILES string of the molecule is CC1CC(O)n2c(nc3c(ncn3[C@@H]3O[C@H](COP(=O)(O)O)[C@@H](O)[C@H]3O)c2=O)N1. The zero-order valence-corrected chi connectivity index (χ0v) is 16.0. The molecular weight excluding hydrogens is 413 g/mol. The average Bonchev–Trinajstić information content (AvgIpc) is 3.14. The topological polar surface area (TPSA) is 201 Å². The lowest BCUT2D eigenvalue weighted by atomic mass is 10.1. The van der Waals surface area contributed by atoms with Crippen molar-refractivity contribution in [1.29, 1.82) is 0 Å². The summed E-state index contributed by atoms with van der Waals surface area (Å²) in [4.78, 5) is 38.7. The summed E-state index contributed by atoms with van der Waals surface area (Å²) in [6.45, 7) is 1.15. The molecule has 14 nitrogen and oxygen atoms in total. The molecule has 2 aromatic heterocycles. The standard InChI is InChI=1S/C14H20N5O9P/c1-5-2-7(20)19-12(23)8-11(17-14(19)16-5)18(4-15-8)13-10(22)9(21)6(28-13)3-27-29(24,25)26/h4-7,9-10,13,20-22H,2-3H2,1H3,(H,16,17)(H2,24,25,26)/t5?,6-,7?,9-,10-,13-/m1/s1. The summed E-state index contributed by atoms with van der Waals surface area (Å²) in [5, 5.41) is 33.7. The molecule has 0 aromatic carbocycles. The fourth-order valence-electron chi connectivity index (χ4n) is 3.51. The Kier molecular flexibility index (Phi) is 4.99. The minimum absolute atomic E-state index is 0.0443. The number of aliphatic hydroxyl groups is 3. The van der Waals surface area contributed by atoms with E-state index in [1.165, 1.54) is 10.9 Å². The number of fused-ring (bicyclic) bond motifs is 2. The fourth-order valence-corrected chi connectivity index (χ4v) is 3.85. The molecule has 0 bridgehead atoms. The number of anilines is 1. The van der Waals surface area contributed by atoms with Gasteiger partial charge in [-0.1, -0.05) is 0 Å². The van der Waals surface area contributed by atoms with E-state index in [-0.39, 0.29) is 23.2 Å². The monoisotopic (exact) mass is 433 g/mol. The number of aromatic nitrogens is 4. The van der Waals surface area contributed by atoms with Gasteiger partial charge in [0.2, 0.25) is 5.95 Å². The fraction of sp³-hybridized carbons (Fsp3) is 0.643. The number of aliphatic hydroxyl groups excluding tert-OH is 3. The third-order valence-electron chi connectivity index (χ3n) is 4.89.